The van der Waals surface area contributed by atoms with Gasteiger partial charge in [0.15, 0.2) is 5.90 Å². The van der Waals surface area contributed by atoms with Gasteiger partial charge in [-0.15, -0.1) is 0 Å². The summed E-state index contributed by atoms with van der Waals surface area (Å²) in [6.07, 6.45) is -3.46. The Balaban J connectivity index is 1.55. The molecule has 0 spiro atoms. The molecule has 12 heteroatoms. The maximum atomic E-state index is 13.3. The van der Waals surface area contributed by atoms with E-state index in [1.165, 1.54) is 55.3 Å². The number of rotatable bonds is 10. The third-order valence-electron chi connectivity index (χ3n) is 6.03. The zero-order valence-corrected chi connectivity index (χ0v) is 24.9. The van der Waals surface area contributed by atoms with Crippen molar-refractivity contribution in [2.75, 3.05) is 0 Å². The SMILES string of the molecule is FC(F)(F)c1cccc(SSC(CC(=Nc2ccccc2)OC2CCCCC2)SSc2cccc(C(F)(F)F)c2)c1. The van der Waals surface area contributed by atoms with Gasteiger partial charge in [-0.25, -0.2) is 4.99 Å². The lowest BCUT2D eigenvalue weighted by Gasteiger charge is -2.25. The number of alkyl halides is 6. The lowest BCUT2D eigenvalue weighted by atomic mass is 9.98. The third kappa shape index (κ3) is 10.7. The molecule has 0 radical (unpaired) electrons. The zero-order chi connectivity index (χ0) is 29.3. The van der Waals surface area contributed by atoms with Crippen molar-refractivity contribution in [1.29, 1.82) is 0 Å². The summed E-state index contributed by atoms with van der Waals surface area (Å²) in [7, 11) is 5.04. The van der Waals surface area contributed by atoms with Gasteiger partial charge in [0.1, 0.15) is 6.10 Å². The Labute approximate surface area is 251 Å². The van der Waals surface area contributed by atoms with E-state index in [0.717, 1.165) is 56.4 Å². The van der Waals surface area contributed by atoms with Gasteiger partial charge in [-0.3, -0.25) is 0 Å². The van der Waals surface area contributed by atoms with Gasteiger partial charge in [0.25, 0.3) is 0 Å². The fraction of sp³-hybridized carbons (Fsp3) is 0.345. The van der Waals surface area contributed by atoms with Crippen LogP contribution in [0.4, 0.5) is 32.0 Å². The fourth-order valence-corrected chi connectivity index (χ4v) is 9.84. The lowest BCUT2D eigenvalue weighted by molar-refractivity contribution is -0.138. The predicted octanol–water partition coefficient (Wildman–Crippen LogP) is 11.7. The van der Waals surface area contributed by atoms with Gasteiger partial charge >= 0.3 is 12.4 Å². The van der Waals surface area contributed by atoms with Crippen LogP contribution in [-0.2, 0) is 17.1 Å². The van der Waals surface area contributed by atoms with Crippen molar-refractivity contribution in [2.45, 2.75) is 71.4 Å². The lowest BCUT2D eigenvalue weighted by Crippen LogP contribution is -2.22. The van der Waals surface area contributed by atoms with E-state index in [1.54, 1.807) is 12.1 Å². The molecular weight excluding hydrogens is 621 g/mol. The summed E-state index contributed by atoms with van der Waals surface area (Å²) in [6, 6.07) is 19.5. The molecule has 0 unspecified atom stereocenters. The quantitative estimate of drug-likeness (QED) is 0.0716. The Morgan fingerprint density at radius 2 is 1.27 bits per heavy atom. The molecule has 4 rings (SSSR count). The largest absolute Gasteiger partial charge is 0.477 e. The van der Waals surface area contributed by atoms with Crippen LogP contribution in [0.1, 0.15) is 49.7 Å². The highest BCUT2D eigenvalue weighted by Gasteiger charge is 2.31. The molecule has 1 aliphatic rings. The van der Waals surface area contributed by atoms with Crippen LogP contribution in [-0.4, -0.2) is 16.6 Å². The van der Waals surface area contributed by atoms with Crippen molar-refractivity contribution < 1.29 is 31.1 Å². The predicted molar refractivity (Wildman–Crippen MR) is 160 cm³/mol. The molecule has 3 aromatic carbocycles. The van der Waals surface area contributed by atoms with E-state index in [2.05, 4.69) is 0 Å². The maximum absolute atomic E-state index is 13.3. The molecule has 0 aromatic heterocycles. The first-order valence-corrected chi connectivity index (χ1v) is 17.3. The molecule has 0 bridgehead atoms. The molecule has 0 aliphatic heterocycles. The first kappa shape index (κ1) is 32.0. The second kappa shape index (κ2) is 15.0. The van der Waals surface area contributed by atoms with Crippen LogP contribution in [0.5, 0.6) is 0 Å². The van der Waals surface area contributed by atoms with Crippen LogP contribution in [0.2, 0.25) is 0 Å². The van der Waals surface area contributed by atoms with Crippen molar-refractivity contribution in [3.05, 3.63) is 90.0 Å². The minimum Gasteiger partial charge on any atom is -0.477 e. The number of halogens is 6. The molecule has 1 saturated carbocycles. The van der Waals surface area contributed by atoms with Crippen LogP contribution in [0.3, 0.4) is 0 Å². The molecule has 220 valence electrons. The topological polar surface area (TPSA) is 21.6 Å². The maximum Gasteiger partial charge on any atom is 0.416 e. The van der Waals surface area contributed by atoms with Crippen LogP contribution in [0, 0.1) is 0 Å². The highest BCUT2D eigenvalue weighted by molar-refractivity contribution is 8.85. The number of ether oxygens (including phenoxy) is 1. The molecule has 2 nitrogen and oxygen atoms in total. The number of para-hydroxylation sites is 1. The highest BCUT2D eigenvalue weighted by atomic mass is 33.1. The number of hydrogen-bond acceptors (Lipinski definition) is 6. The van der Waals surface area contributed by atoms with Crippen LogP contribution in [0.25, 0.3) is 0 Å². The van der Waals surface area contributed by atoms with Crippen molar-refractivity contribution >= 4 is 54.8 Å². The van der Waals surface area contributed by atoms with Crippen molar-refractivity contribution in [3.8, 4) is 0 Å². The van der Waals surface area contributed by atoms with Crippen LogP contribution >= 0.6 is 43.2 Å². The summed E-state index contributed by atoms with van der Waals surface area (Å²) in [4.78, 5) is 5.60. The molecule has 1 fully saturated rings. The van der Waals surface area contributed by atoms with Gasteiger partial charge in [0.2, 0.25) is 0 Å². The Kier molecular flexibility index (Phi) is 11.7. The van der Waals surface area contributed by atoms with Gasteiger partial charge in [-0.2, -0.15) is 26.3 Å². The highest BCUT2D eigenvalue weighted by Crippen LogP contribution is 2.48. The average Bonchev–Trinajstić information content (AvgIpc) is 2.95. The van der Waals surface area contributed by atoms with E-state index in [0.29, 0.717) is 27.8 Å². The number of benzene rings is 3. The molecule has 0 heterocycles. The van der Waals surface area contributed by atoms with Gasteiger partial charge in [-0.1, -0.05) is 79.9 Å². The molecule has 0 N–H and O–H groups in total. The van der Waals surface area contributed by atoms with Gasteiger partial charge in [0.05, 0.1) is 21.4 Å². The average molecular weight is 648 g/mol. The summed E-state index contributed by atoms with van der Waals surface area (Å²) in [5.41, 5.74) is -0.765. The Hall–Kier alpha value is -1.89. The standard InChI is InChI=1S/C29H27F6NOS4/c30-28(31,32)20-9-7-15-24(17-20)38-40-27(41-39-25-16-8-10-21(18-25)29(33,34)35)19-26(36-22-11-3-1-4-12-22)37-23-13-5-2-6-14-23/h1,3-4,7-12,15-18,23,27H,2,5-6,13-14,19H2. The number of hydrogen-bond donors (Lipinski definition) is 0. The Morgan fingerprint density at radius 1 is 0.732 bits per heavy atom. The van der Waals surface area contributed by atoms with Gasteiger partial charge in [-0.05, 0) is 74.2 Å². The molecule has 41 heavy (non-hydrogen) atoms. The summed E-state index contributed by atoms with van der Waals surface area (Å²) >= 11 is 0. The van der Waals surface area contributed by atoms with Crippen molar-refractivity contribution in [1.82, 2.24) is 0 Å². The summed E-state index contributed by atoms with van der Waals surface area (Å²) < 4.78 is 85.6. The summed E-state index contributed by atoms with van der Waals surface area (Å²) in [6.45, 7) is 0. The molecule has 0 saturated heterocycles. The monoisotopic (exact) mass is 647 g/mol. The minimum atomic E-state index is -4.46. The number of aliphatic imine (C=N–C) groups is 1. The Bertz CT molecular complexity index is 1220. The summed E-state index contributed by atoms with van der Waals surface area (Å²) in [5.74, 6) is 0.502. The number of nitrogens with zero attached hydrogens (tertiary/aromatic N) is 1. The van der Waals surface area contributed by atoms with E-state index in [4.69, 9.17) is 9.73 Å². The second-order valence-electron chi connectivity index (χ2n) is 9.26. The first-order chi connectivity index (χ1) is 19.6. The van der Waals surface area contributed by atoms with Crippen molar-refractivity contribution in [3.63, 3.8) is 0 Å². The second-order valence-corrected chi connectivity index (χ2v) is 14.5. The van der Waals surface area contributed by atoms with E-state index in [-0.39, 0.29) is 10.7 Å². The molecule has 0 atom stereocenters. The Morgan fingerprint density at radius 3 is 1.78 bits per heavy atom. The smallest absolute Gasteiger partial charge is 0.416 e. The third-order valence-corrected chi connectivity index (χ3v) is 12.3. The summed E-state index contributed by atoms with van der Waals surface area (Å²) in [5, 5.41) is 0. The molecule has 0 amide bonds. The normalized spacial score (nSPS) is 15.3. The molecular formula is C29H27F6NOS4. The van der Waals surface area contributed by atoms with Gasteiger partial charge in [0, 0.05) is 16.2 Å². The zero-order valence-electron chi connectivity index (χ0n) is 21.7. The first-order valence-electron chi connectivity index (χ1n) is 12.9. The van der Waals surface area contributed by atoms with E-state index in [9.17, 15) is 26.3 Å². The van der Waals surface area contributed by atoms with Crippen LogP contribution < -0.4 is 0 Å². The van der Waals surface area contributed by atoms with Crippen LogP contribution in [0.15, 0.2) is 93.6 Å². The van der Waals surface area contributed by atoms with Crippen molar-refractivity contribution in [2.24, 2.45) is 4.99 Å². The molecule has 1 aliphatic carbocycles. The van der Waals surface area contributed by atoms with Gasteiger partial charge < -0.3 is 4.74 Å². The minimum absolute atomic E-state index is 0.0223. The molecule has 3 aromatic rings. The fourth-order valence-electron chi connectivity index (χ4n) is 4.04. The van der Waals surface area contributed by atoms with E-state index < -0.39 is 23.5 Å². The van der Waals surface area contributed by atoms with E-state index in [1.807, 2.05) is 30.3 Å². The van der Waals surface area contributed by atoms with E-state index >= 15 is 0 Å².